The fourth-order valence-electron chi connectivity index (χ4n) is 5.14. The molecule has 1 saturated heterocycles. The monoisotopic (exact) mass is 248 g/mol. The average Bonchev–Trinajstić information content (AvgIpc) is 2.86. The standard InChI is InChI=1S/C15H24N2O/c18-15(17-8-9-2-1-5-16-7-9)14-12-10-3-4-11(6-10)13(12)14/h9-14,16H,1-8H2,(H,17,18). The maximum Gasteiger partial charge on any atom is 0.223 e. The summed E-state index contributed by atoms with van der Waals surface area (Å²) in [5.41, 5.74) is 0. The molecule has 4 aliphatic rings. The summed E-state index contributed by atoms with van der Waals surface area (Å²) < 4.78 is 0. The van der Waals surface area contributed by atoms with E-state index in [9.17, 15) is 4.79 Å². The number of piperidine rings is 1. The summed E-state index contributed by atoms with van der Waals surface area (Å²) in [4.78, 5) is 12.2. The Hall–Kier alpha value is -0.570. The fourth-order valence-corrected chi connectivity index (χ4v) is 5.14. The van der Waals surface area contributed by atoms with Crippen LogP contribution >= 0.6 is 0 Å². The third-order valence-electron chi connectivity index (χ3n) is 6.00. The van der Waals surface area contributed by atoms with Crippen molar-refractivity contribution in [3.63, 3.8) is 0 Å². The van der Waals surface area contributed by atoms with Gasteiger partial charge in [0.25, 0.3) is 0 Å². The van der Waals surface area contributed by atoms with E-state index in [0.29, 0.717) is 17.7 Å². The van der Waals surface area contributed by atoms with Gasteiger partial charge in [0.15, 0.2) is 0 Å². The minimum absolute atomic E-state index is 0.382. The lowest BCUT2D eigenvalue weighted by atomic mass is 9.99. The van der Waals surface area contributed by atoms with E-state index in [-0.39, 0.29) is 0 Å². The molecule has 4 fully saturated rings. The van der Waals surface area contributed by atoms with Crippen molar-refractivity contribution in [2.24, 2.45) is 35.5 Å². The van der Waals surface area contributed by atoms with E-state index in [1.165, 1.54) is 32.1 Å². The predicted molar refractivity (Wildman–Crippen MR) is 69.9 cm³/mol. The van der Waals surface area contributed by atoms with Gasteiger partial charge in [-0.15, -0.1) is 0 Å². The van der Waals surface area contributed by atoms with Crippen molar-refractivity contribution in [1.82, 2.24) is 10.6 Å². The number of fused-ring (bicyclic) bond motifs is 5. The Bertz CT molecular complexity index is 334. The molecule has 3 heteroatoms. The lowest BCUT2D eigenvalue weighted by Gasteiger charge is -2.23. The molecule has 3 saturated carbocycles. The molecule has 2 N–H and O–H groups in total. The SMILES string of the molecule is O=C(NCC1CCCNC1)C1C2C3CCC(C3)C12. The lowest BCUT2D eigenvalue weighted by molar-refractivity contribution is -0.123. The minimum atomic E-state index is 0.382. The molecule has 4 rings (SSSR count). The van der Waals surface area contributed by atoms with Crippen LogP contribution < -0.4 is 10.6 Å². The quantitative estimate of drug-likeness (QED) is 0.792. The predicted octanol–water partition coefficient (Wildman–Crippen LogP) is 1.39. The smallest absolute Gasteiger partial charge is 0.223 e. The van der Waals surface area contributed by atoms with Crippen LogP contribution in [0.1, 0.15) is 32.1 Å². The third-order valence-corrected chi connectivity index (χ3v) is 6.00. The second kappa shape index (κ2) is 4.22. The summed E-state index contributed by atoms with van der Waals surface area (Å²) in [6.45, 7) is 3.14. The van der Waals surface area contributed by atoms with Gasteiger partial charge in [-0.1, -0.05) is 0 Å². The minimum Gasteiger partial charge on any atom is -0.356 e. The highest BCUT2D eigenvalue weighted by Gasteiger charge is 2.67. The highest BCUT2D eigenvalue weighted by molar-refractivity contribution is 5.82. The second-order valence-electron chi connectivity index (χ2n) is 6.97. The van der Waals surface area contributed by atoms with Crippen LogP contribution in [0.2, 0.25) is 0 Å². The average molecular weight is 248 g/mol. The first-order valence-corrected chi connectivity index (χ1v) is 7.83. The van der Waals surface area contributed by atoms with Crippen LogP contribution in [0.25, 0.3) is 0 Å². The van der Waals surface area contributed by atoms with Crippen molar-refractivity contribution in [1.29, 1.82) is 0 Å². The van der Waals surface area contributed by atoms with Crippen molar-refractivity contribution < 1.29 is 4.79 Å². The first kappa shape index (κ1) is 11.3. The van der Waals surface area contributed by atoms with Crippen molar-refractivity contribution in [3.05, 3.63) is 0 Å². The Labute approximate surface area is 109 Å². The number of carbonyl (C=O) groups is 1. The molecular formula is C15H24N2O. The van der Waals surface area contributed by atoms with Gasteiger partial charge in [-0.2, -0.15) is 0 Å². The zero-order valence-electron chi connectivity index (χ0n) is 11.0. The molecule has 1 amide bonds. The molecular weight excluding hydrogens is 224 g/mol. The number of amides is 1. The topological polar surface area (TPSA) is 41.1 Å². The van der Waals surface area contributed by atoms with Crippen molar-refractivity contribution in [3.8, 4) is 0 Å². The molecule has 1 heterocycles. The highest BCUT2D eigenvalue weighted by Crippen LogP contribution is 2.69. The summed E-state index contributed by atoms with van der Waals surface area (Å²) in [7, 11) is 0. The summed E-state index contributed by atoms with van der Waals surface area (Å²) >= 11 is 0. The van der Waals surface area contributed by atoms with Gasteiger partial charge < -0.3 is 10.6 Å². The van der Waals surface area contributed by atoms with Crippen LogP contribution in [0.15, 0.2) is 0 Å². The maximum absolute atomic E-state index is 12.2. The molecule has 3 nitrogen and oxygen atoms in total. The van der Waals surface area contributed by atoms with E-state index in [1.807, 2.05) is 0 Å². The summed E-state index contributed by atoms with van der Waals surface area (Å²) in [6.07, 6.45) is 6.78. The van der Waals surface area contributed by atoms with Gasteiger partial charge in [-0.3, -0.25) is 4.79 Å². The molecule has 3 aliphatic carbocycles. The molecule has 1 aliphatic heterocycles. The molecule has 18 heavy (non-hydrogen) atoms. The molecule has 0 aromatic carbocycles. The van der Waals surface area contributed by atoms with Gasteiger partial charge in [0.05, 0.1) is 0 Å². The van der Waals surface area contributed by atoms with E-state index in [2.05, 4.69) is 10.6 Å². The molecule has 0 aromatic rings. The Morgan fingerprint density at radius 3 is 2.61 bits per heavy atom. The molecule has 5 unspecified atom stereocenters. The number of nitrogens with one attached hydrogen (secondary N) is 2. The summed E-state index contributed by atoms with van der Waals surface area (Å²) in [5, 5.41) is 6.65. The zero-order chi connectivity index (χ0) is 12.1. The van der Waals surface area contributed by atoms with Crippen LogP contribution in [-0.2, 0) is 4.79 Å². The van der Waals surface area contributed by atoms with Gasteiger partial charge >= 0.3 is 0 Å². The van der Waals surface area contributed by atoms with Crippen molar-refractivity contribution in [2.45, 2.75) is 32.1 Å². The van der Waals surface area contributed by atoms with Gasteiger partial charge in [-0.25, -0.2) is 0 Å². The molecule has 0 radical (unpaired) electrons. The van der Waals surface area contributed by atoms with Crippen molar-refractivity contribution >= 4 is 5.91 Å². The lowest BCUT2D eigenvalue weighted by Crippen LogP contribution is -2.39. The van der Waals surface area contributed by atoms with E-state index < -0.39 is 0 Å². The number of hydrogen-bond acceptors (Lipinski definition) is 2. The second-order valence-corrected chi connectivity index (χ2v) is 6.97. The molecule has 100 valence electrons. The zero-order valence-corrected chi connectivity index (χ0v) is 11.0. The van der Waals surface area contributed by atoms with Crippen molar-refractivity contribution in [2.75, 3.05) is 19.6 Å². The molecule has 2 bridgehead atoms. The number of rotatable bonds is 3. The number of carbonyl (C=O) groups excluding carboxylic acids is 1. The first-order valence-electron chi connectivity index (χ1n) is 7.83. The van der Waals surface area contributed by atoms with Crippen LogP contribution in [0, 0.1) is 35.5 Å². The van der Waals surface area contributed by atoms with Crippen LogP contribution in [-0.4, -0.2) is 25.5 Å². The van der Waals surface area contributed by atoms with Crippen LogP contribution in [0.4, 0.5) is 0 Å². The number of hydrogen-bond donors (Lipinski definition) is 2. The van der Waals surface area contributed by atoms with Gasteiger partial charge in [0, 0.05) is 12.5 Å². The Kier molecular flexibility index (Phi) is 2.65. The fraction of sp³-hybridized carbons (Fsp3) is 0.933. The molecule has 5 atom stereocenters. The maximum atomic E-state index is 12.2. The van der Waals surface area contributed by atoms with E-state index >= 15 is 0 Å². The normalized spacial score (nSPS) is 48.9. The van der Waals surface area contributed by atoms with E-state index in [4.69, 9.17) is 0 Å². The van der Waals surface area contributed by atoms with Gasteiger partial charge in [-0.05, 0) is 74.8 Å². The van der Waals surface area contributed by atoms with Gasteiger partial charge in [0.2, 0.25) is 5.91 Å². The Morgan fingerprint density at radius 1 is 1.17 bits per heavy atom. The summed E-state index contributed by atoms with van der Waals surface area (Å²) in [5.74, 6) is 4.85. The first-order chi connectivity index (χ1) is 8.84. The molecule has 0 aromatic heterocycles. The Morgan fingerprint density at radius 2 is 1.94 bits per heavy atom. The van der Waals surface area contributed by atoms with Crippen LogP contribution in [0.3, 0.4) is 0 Å². The Balaban J connectivity index is 1.28. The van der Waals surface area contributed by atoms with Crippen LogP contribution in [0.5, 0.6) is 0 Å². The molecule has 0 spiro atoms. The summed E-state index contributed by atoms with van der Waals surface area (Å²) in [6, 6.07) is 0. The van der Waals surface area contributed by atoms with E-state index in [1.54, 1.807) is 0 Å². The van der Waals surface area contributed by atoms with Gasteiger partial charge in [0.1, 0.15) is 0 Å². The van der Waals surface area contributed by atoms with E-state index in [0.717, 1.165) is 43.3 Å². The largest absolute Gasteiger partial charge is 0.356 e. The highest BCUT2D eigenvalue weighted by atomic mass is 16.2. The third kappa shape index (κ3) is 1.70.